The number of aryl methyl sites for hydroxylation is 1. The summed E-state index contributed by atoms with van der Waals surface area (Å²) in [5.74, 6) is 0. The normalized spacial score (nSPS) is 10.1. The van der Waals surface area contributed by atoms with Gasteiger partial charge in [0.2, 0.25) is 0 Å². The fourth-order valence-corrected chi connectivity index (χ4v) is 1.76. The third-order valence-electron chi connectivity index (χ3n) is 2.65. The molecule has 0 bridgehead atoms. The zero-order valence-corrected chi connectivity index (χ0v) is 9.40. The molecule has 0 spiro atoms. The molecule has 0 atom stereocenters. The molecule has 0 heterocycles. The van der Waals surface area contributed by atoms with E-state index >= 15 is 0 Å². The molecule has 0 aromatic heterocycles. The summed E-state index contributed by atoms with van der Waals surface area (Å²) in [6.45, 7) is 6.19. The van der Waals surface area contributed by atoms with Gasteiger partial charge in [-0.1, -0.05) is 54.6 Å². The van der Waals surface area contributed by atoms with Crippen LogP contribution in [0.4, 0.5) is 5.69 Å². The predicted octanol–water partition coefficient (Wildman–Crippen LogP) is 3.64. The number of anilines is 1. The summed E-state index contributed by atoms with van der Waals surface area (Å²) in [5, 5.41) is 0. The van der Waals surface area contributed by atoms with Gasteiger partial charge in [-0.25, -0.2) is 0 Å². The van der Waals surface area contributed by atoms with Gasteiger partial charge in [0.25, 0.3) is 0 Å². The van der Waals surface area contributed by atoms with Crippen LogP contribution in [-0.2, 0) is 0 Å². The van der Waals surface area contributed by atoms with E-state index in [1.165, 1.54) is 5.56 Å². The second-order valence-electron chi connectivity index (χ2n) is 3.94. The minimum absolute atomic E-state index is 0.772. The summed E-state index contributed by atoms with van der Waals surface area (Å²) in [7, 11) is 0. The summed E-state index contributed by atoms with van der Waals surface area (Å²) < 4.78 is 0. The molecule has 2 N–H and O–H groups in total. The van der Waals surface area contributed by atoms with Gasteiger partial charge in [0.05, 0.1) is 0 Å². The van der Waals surface area contributed by atoms with Crippen LogP contribution in [0.1, 0.15) is 16.7 Å². The number of nitrogens with two attached hydrogens (primary N) is 1. The smallest absolute Gasteiger partial charge is 0.0393 e. The van der Waals surface area contributed by atoms with Crippen molar-refractivity contribution in [2.75, 3.05) is 5.73 Å². The molecule has 0 radical (unpaired) electrons. The van der Waals surface area contributed by atoms with Crippen LogP contribution in [0, 0.1) is 6.92 Å². The highest BCUT2D eigenvalue weighted by atomic mass is 14.6. The van der Waals surface area contributed by atoms with E-state index in [9.17, 15) is 0 Å². The molecule has 1 heteroatoms. The first-order valence-corrected chi connectivity index (χ1v) is 5.29. The van der Waals surface area contributed by atoms with Gasteiger partial charge < -0.3 is 5.73 Å². The molecule has 0 aliphatic heterocycles. The van der Waals surface area contributed by atoms with Gasteiger partial charge in [-0.3, -0.25) is 0 Å². The minimum Gasteiger partial charge on any atom is -0.398 e. The standard InChI is InChI=1S/C15H15N/c1-11-6-5-7-13(10-11)12(2)14-8-3-4-9-15(14)16/h3-10H,2,16H2,1H3. The lowest BCUT2D eigenvalue weighted by molar-refractivity contribution is 1.44. The van der Waals surface area contributed by atoms with Crippen molar-refractivity contribution in [1.29, 1.82) is 0 Å². The Hall–Kier alpha value is -2.02. The highest BCUT2D eigenvalue weighted by Crippen LogP contribution is 2.26. The van der Waals surface area contributed by atoms with Gasteiger partial charge in [0.1, 0.15) is 0 Å². The zero-order chi connectivity index (χ0) is 11.5. The topological polar surface area (TPSA) is 26.0 Å². The Morgan fingerprint density at radius 3 is 2.50 bits per heavy atom. The van der Waals surface area contributed by atoms with Gasteiger partial charge in [-0.05, 0) is 24.1 Å². The van der Waals surface area contributed by atoms with E-state index in [1.807, 2.05) is 30.3 Å². The quantitative estimate of drug-likeness (QED) is 0.751. The van der Waals surface area contributed by atoms with E-state index in [2.05, 4.69) is 31.7 Å². The van der Waals surface area contributed by atoms with Crippen LogP contribution >= 0.6 is 0 Å². The van der Waals surface area contributed by atoms with Crippen LogP contribution in [-0.4, -0.2) is 0 Å². The molecule has 80 valence electrons. The first kappa shape index (κ1) is 10.5. The van der Waals surface area contributed by atoms with Gasteiger partial charge in [0, 0.05) is 11.3 Å². The lowest BCUT2D eigenvalue weighted by Gasteiger charge is -2.09. The lowest BCUT2D eigenvalue weighted by atomic mass is 9.97. The second kappa shape index (κ2) is 4.23. The molecule has 0 saturated heterocycles. The average molecular weight is 209 g/mol. The zero-order valence-electron chi connectivity index (χ0n) is 9.40. The largest absolute Gasteiger partial charge is 0.398 e. The van der Waals surface area contributed by atoms with E-state index in [-0.39, 0.29) is 0 Å². The monoisotopic (exact) mass is 209 g/mol. The molecule has 1 nitrogen and oxygen atoms in total. The fraction of sp³-hybridized carbons (Fsp3) is 0.0667. The van der Waals surface area contributed by atoms with Crippen molar-refractivity contribution in [3.05, 3.63) is 71.8 Å². The Labute approximate surface area is 96.2 Å². The van der Waals surface area contributed by atoms with Gasteiger partial charge >= 0.3 is 0 Å². The van der Waals surface area contributed by atoms with Gasteiger partial charge in [-0.2, -0.15) is 0 Å². The number of para-hydroxylation sites is 1. The molecular formula is C15H15N. The molecule has 0 aliphatic rings. The van der Waals surface area contributed by atoms with Crippen molar-refractivity contribution in [2.24, 2.45) is 0 Å². The Morgan fingerprint density at radius 1 is 1.06 bits per heavy atom. The molecule has 0 saturated carbocycles. The van der Waals surface area contributed by atoms with Crippen LogP contribution in [0.3, 0.4) is 0 Å². The van der Waals surface area contributed by atoms with Crippen molar-refractivity contribution >= 4 is 11.3 Å². The van der Waals surface area contributed by atoms with Crippen molar-refractivity contribution in [1.82, 2.24) is 0 Å². The summed E-state index contributed by atoms with van der Waals surface area (Å²) in [5.41, 5.74) is 11.0. The number of nitrogen functional groups attached to an aromatic ring is 1. The highest BCUT2D eigenvalue weighted by molar-refractivity contribution is 5.84. The van der Waals surface area contributed by atoms with E-state index in [0.29, 0.717) is 0 Å². The molecule has 0 aliphatic carbocycles. The third kappa shape index (κ3) is 1.98. The Balaban J connectivity index is 2.44. The second-order valence-corrected chi connectivity index (χ2v) is 3.94. The summed E-state index contributed by atoms with van der Waals surface area (Å²) >= 11 is 0. The fourth-order valence-electron chi connectivity index (χ4n) is 1.76. The van der Waals surface area contributed by atoms with E-state index in [1.54, 1.807) is 0 Å². The van der Waals surface area contributed by atoms with Crippen LogP contribution in [0.25, 0.3) is 5.57 Å². The van der Waals surface area contributed by atoms with Crippen LogP contribution in [0.5, 0.6) is 0 Å². The third-order valence-corrected chi connectivity index (χ3v) is 2.65. The maximum absolute atomic E-state index is 5.94. The summed E-state index contributed by atoms with van der Waals surface area (Å²) in [6, 6.07) is 16.1. The van der Waals surface area contributed by atoms with Gasteiger partial charge in [0.15, 0.2) is 0 Å². The Morgan fingerprint density at radius 2 is 1.81 bits per heavy atom. The van der Waals surface area contributed by atoms with E-state index in [4.69, 9.17) is 5.73 Å². The average Bonchev–Trinajstić information content (AvgIpc) is 2.29. The Kier molecular flexibility index (Phi) is 2.78. The molecule has 2 aromatic carbocycles. The predicted molar refractivity (Wildman–Crippen MR) is 70.2 cm³/mol. The van der Waals surface area contributed by atoms with Crippen LogP contribution in [0.2, 0.25) is 0 Å². The first-order valence-electron chi connectivity index (χ1n) is 5.29. The molecule has 2 aromatic rings. The molecular weight excluding hydrogens is 194 g/mol. The summed E-state index contributed by atoms with van der Waals surface area (Å²) in [4.78, 5) is 0. The number of hydrogen-bond acceptors (Lipinski definition) is 1. The number of hydrogen-bond donors (Lipinski definition) is 1. The van der Waals surface area contributed by atoms with Crippen molar-refractivity contribution < 1.29 is 0 Å². The molecule has 2 rings (SSSR count). The maximum Gasteiger partial charge on any atom is 0.0393 e. The lowest BCUT2D eigenvalue weighted by Crippen LogP contribution is -1.94. The maximum atomic E-state index is 5.94. The molecule has 16 heavy (non-hydrogen) atoms. The van der Waals surface area contributed by atoms with Crippen molar-refractivity contribution in [3.63, 3.8) is 0 Å². The van der Waals surface area contributed by atoms with E-state index < -0.39 is 0 Å². The van der Waals surface area contributed by atoms with E-state index in [0.717, 1.165) is 22.4 Å². The summed E-state index contributed by atoms with van der Waals surface area (Å²) in [6.07, 6.45) is 0. The van der Waals surface area contributed by atoms with Crippen molar-refractivity contribution in [3.8, 4) is 0 Å². The minimum atomic E-state index is 0.772. The molecule has 0 fully saturated rings. The molecule has 0 unspecified atom stereocenters. The van der Waals surface area contributed by atoms with Crippen molar-refractivity contribution in [2.45, 2.75) is 6.92 Å². The highest BCUT2D eigenvalue weighted by Gasteiger charge is 2.05. The Bertz CT molecular complexity index is 526. The SMILES string of the molecule is C=C(c1cccc(C)c1)c1ccccc1N. The van der Waals surface area contributed by atoms with Gasteiger partial charge in [-0.15, -0.1) is 0 Å². The van der Waals surface area contributed by atoms with Crippen LogP contribution < -0.4 is 5.73 Å². The van der Waals surface area contributed by atoms with Crippen LogP contribution in [0.15, 0.2) is 55.1 Å². The first-order chi connectivity index (χ1) is 7.68. The molecule has 0 amide bonds. The number of benzene rings is 2. The number of rotatable bonds is 2.